The monoisotopic (exact) mass is 422 g/mol. The van der Waals surface area contributed by atoms with Gasteiger partial charge in [-0.25, -0.2) is 13.6 Å². The number of carbonyl (C=O) groups excluding carboxylic acids is 1. The van der Waals surface area contributed by atoms with Crippen molar-refractivity contribution in [2.75, 3.05) is 5.32 Å². The first-order valence-corrected chi connectivity index (χ1v) is 10.2. The molecule has 0 fully saturated rings. The Morgan fingerprint density at radius 2 is 1.93 bits per heavy atom. The van der Waals surface area contributed by atoms with E-state index in [4.69, 9.17) is 21.2 Å². The van der Waals surface area contributed by atoms with Gasteiger partial charge < -0.3 is 14.8 Å². The molecule has 0 saturated heterocycles. The molecular weight excluding hydrogens is 404 g/mol. The average Bonchev–Trinajstić information content (AvgIpc) is 2.99. The molecule has 1 amide bonds. The molecule has 1 heterocycles. The summed E-state index contributed by atoms with van der Waals surface area (Å²) in [6.45, 7) is 3.02. The summed E-state index contributed by atoms with van der Waals surface area (Å²) in [6, 6.07) is 11.1. The van der Waals surface area contributed by atoms with E-state index < -0.39 is 15.6 Å². The van der Waals surface area contributed by atoms with Gasteiger partial charge in [-0.15, -0.1) is 0 Å². The summed E-state index contributed by atoms with van der Waals surface area (Å²) >= 11 is 6.07. The first-order chi connectivity index (χ1) is 12.9. The SMILES string of the molecule is CC(C)(O)c1cc2c(S(N)(=O)=O)cc(NC(=O)Cc3ccccc3Cl)cc2o1. The number of primary sulfonamides is 1. The first kappa shape index (κ1) is 20.3. The molecule has 0 saturated carbocycles. The number of amides is 1. The molecule has 0 aliphatic carbocycles. The van der Waals surface area contributed by atoms with Crippen LogP contribution < -0.4 is 10.5 Å². The van der Waals surface area contributed by atoms with E-state index in [1.807, 2.05) is 0 Å². The number of rotatable bonds is 5. The van der Waals surface area contributed by atoms with E-state index in [1.54, 1.807) is 24.3 Å². The van der Waals surface area contributed by atoms with Gasteiger partial charge >= 0.3 is 0 Å². The standard InChI is InChI=1S/C19H19ClN2O5S/c1-19(2,24)17-10-13-15(27-17)8-12(9-16(13)28(21,25)26)22-18(23)7-11-5-3-4-6-14(11)20/h3-6,8-10,24H,7H2,1-2H3,(H,22,23)(H2,21,25,26). The van der Waals surface area contributed by atoms with Crippen LogP contribution in [0.3, 0.4) is 0 Å². The highest BCUT2D eigenvalue weighted by Gasteiger charge is 2.25. The van der Waals surface area contributed by atoms with Crippen LogP contribution >= 0.6 is 11.6 Å². The van der Waals surface area contributed by atoms with Crippen LogP contribution in [0.15, 0.2) is 51.8 Å². The molecule has 0 aliphatic heterocycles. The Hall–Kier alpha value is -2.39. The van der Waals surface area contributed by atoms with Crippen LogP contribution in [0, 0.1) is 0 Å². The zero-order valence-electron chi connectivity index (χ0n) is 15.2. The number of hydrogen-bond acceptors (Lipinski definition) is 5. The summed E-state index contributed by atoms with van der Waals surface area (Å²) in [5.41, 5.74) is -0.305. The van der Waals surface area contributed by atoms with Crippen molar-refractivity contribution in [2.45, 2.75) is 30.8 Å². The quantitative estimate of drug-likeness (QED) is 0.582. The second-order valence-electron chi connectivity index (χ2n) is 6.92. The van der Waals surface area contributed by atoms with Gasteiger partial charge in [0.25, 0.3) is 0 Å². The molecule has 0 radical (unpaired) electrons. The van der Waals surface area contributed by atoms with Gasteiger partial charge in [-0.2, -0.15) is 0 Å². The van der Waals surface area contributed by atoms with Gasteiger partial charge in [-0.3, -0.25) is 4.79 Å². The highest BCUT2D eigenvalue weighted by atomic mass is 35.5. The van der Waals surface area contributed by atoms with E-state index in [2.05, 4.69) is 5.32 Å². The van der Waals surface area contributed by atoms with Gasteiger partial charge in [0.1, 0.15) is 16.9 Å². The Balaban J connectivity index is 1.99. The normalized spacial score (nSPS) is 12.3. The molecule has 0 bridgehead atoms. The number of hydrogen-bond donors (Lipinski definition) is 3. The molecule has 0 aliphatic rings. The number of nitrogens with two attached hydrogens (primary N) is 1. The highest BCUT2D eigenvalue weighted by molar-refractivity contribution is 7.89. The zero-order valence-corrected chi connectivity index (χ0v) is 16.8. The lowest BCUT2D eigenvalue weighted by atomic mass is 10.1. The van der Waals surface area contributed by atoms with Gasteiger partial charge in [-0.05, 0) is 37.6 Å². The minimum absolute atomic E-state index is 0.00942. The lowest BCUT2D eigenvalue weighted by molar-refractivity contribution is -0.115. The number of furan rings is 1. The summed E-state index contributed by atoms with van der Waals surface area (Å²) in [4.78, 5) is 12.2. The molecule has 3 aromatic rings. The van der Waals surface area contributed by atoms with E-state index in [0.717, 1.165) is 0 Å². The number of fused-ring (bicyclic) bond motifs is 1. The van der Waals surface area contributed by atoms with Crippen LogP contribution in [0.5, 0.6) is 0 Å². The van der Waals surface area contributed by atoms with Crippen LogP contribution in [0.4, 0.5) is 5.69 Å². The topological polar surface area (TPSA) is 123 Å². The summed E-state index contributed by atoms with van der Waals surface area (Å²) in [5, 5.41) is 18.8. The lowest BCUT2D eigenvalue weighted by Crippen LogP contribution is -2.16. The van der Waals surface area contributed by atoms with Crippen molar-refractivity contribution in [1.29, 1.82) is 0 Å². The van der Waals surface area contributed by atoms with Crippen LogP contribution in [-0.2, 0) is 26.8 Å². The van der Waals surface area contributed by atoms with Crippen molar-refractivity contribution >= 4 is 44.2 Å². The number of anilines is 1. The fourth-order valence-electron chi connectivity index (χ4n) is 2.74. The second-order valence-corrected chi connectivity index (χ2v) is 8.85. The van der Waals surface area contributed by atoms with Gasteiger partial charge in [-0.1, -0.05) is 29.8 Å². The number of halogens is 1. The van der Waals surface area contributed by atoms with Crippen molar-refractivity contribution in [1.82, 2.24) is 0 Å². The Kier molecular flexibility index (Phi) is 5.24. The smallest absolute Gasteiger partial charge is 0.238 e. The summed E-state index contributed by atoms with van der Waals surface area (Å²) in [7, 11) is -4.10. The molecule has 148 valence electrons. The average molecular weight is 423 g/mol. The predicted octanol–water partition coefficient (Wildman–Crippen LogP) is 3.14. The fourth-order valence-corrected chi connectivity index (χ4v) is 3.70. The van der Waals surface area contributed by atoms with Gasteiger partial charge in [0.05, 0.1) is 11.3 Å². The Bertz CT molecular complexity index is 1160. The number of aliphatic hydroxyl groups is 1. The van der Waals surface area contributed by atoms with Crippen LogP contribution in [0.1, 0.15) is 25.2 Å². The molecular formula is C19H19ClN2O5S. The Morgan fingerprint density at radius 1 is 1.25 bits per heavy atom. The zero-order chi connectivity index (χ0) is 20.7. The first-order valence-electron chi connectivity index (χ1n) is 8.31. The molecule has 0 atom stereocenters. The van der Waals surface area contributed by atoms with E-state index in [-0.39, 0.29) is 39.6 Å². The number of sulfonamides is 1. The Morgan fingerprint density at radius 3 is 2.54 bits per heavy atom. The third kappa shape index (κ3) is 4.36. The minimum atomic E-state index is -4.10. The van der Waals surface area contributed by atoms with Crippen LogP contribution in [-0.4, -0.2) is 19.4 Å². The second kappa shape index (κ2) is 7.21. The van der Waals surface area contributed by atoms with Crippen molar-refractivity contribution in [2.24, 2.45) is 5.14 Å². The molecule has 3 rings (SSSR count). The van der Waals surface area contributed by atoms with Gasteiger partial charge in [0.15, 0.2) is 0 Å². The largest absolute Gasteiger partial charge is 0.458 e. The molecule has 0 spiro atoms. The van der Waals surface area contributed by atoms with Crippen molar-refractivity contribution in [3.05, 3.63) is 58.8 Å². The summed E-state index contributed by atoms with van der Waals surface area (Å²) < 4.78 is 29.6. The van der Waals surface area contributed by atoms with Crippen LogP contribution in [0.2, 0.25) is 5.02 Å². The molecule has 7 nitrogen and oxygen atoms in total. The molecule has 28 heavy (non-hydrogen) atoms. The lowest BCUT2D eigenvalue weighted by Gasteiger charge is -2.12. The molecule has 1 aromatic heterocycles. The number of carbonyl (C=O) groups is 1. The van der Waals surface area contributed by atoms with Crippen molar-refractivity contribution < 1.29 is 22.7 Å². The predicted molar refractivity (Wildman–Crippen MR) is 107 cm³/mol. The number of benzene rings is 2. The maximum atomic E-state index is 12.4. The van der Waals surface area contributed by atoms with Gasteiger partial charge in [0, 0.05) is 22.2 Å². The third-order valence-corrected chi connectivity index (χ3v) is 5.42. The number of nitrogens with one attached hydrogen (secondary N) is 1. The van der Waals surface area contributed by atoms with E-state index >= 15 is 0 Å². The fraction of sp³-hybridized carbons (Fsp3) is 0.211. The van der Waals surface area contributed by atoms with E-state index in [1.165, 1.54) is 32.0 Å². The third-order valence-electron chi connectivity index (χ3n) is 4.10. The maximum absolute atomic E-state index is 12.4. The molecule has 2 aromatic carbocycles. The minimum Gasteiger partial charge on any atom is -0.458 e. The summed E-state index contributed by atoms with van der Waals surface area (Å²) in [5.74, 6) is -0.214. The van der Waals surface area contributed by atoms with E-state index in [0.29, 0.717) is 10.6 Å². The summed E-state index contributed by atoms with van der Waals surface area (Å²) in [6.07, 6.45) is 0.00942. The maximum Gasteiger partial charge on any atom is 0.238 e. The van der Waals surface area contributed by atoms with Gasteiger partial charge in [0.2, 0.25) is 15.9 Å². The molecule has 4 N–H and O–H groups in total. The van der Waals surface area contributed by atoms with Crippen molar-refractivity contribution in [3.63, 3.8) is 0 Å². The molecule has 9 heteroatoms. The van der Waals surface area contributed by atoms with Crippen LogP contribution in [0.25, 0.3) is 11.0 Å². The van der Waals surface area contributed by atoms with Crippen molar-refractivity contribution in [3.8, 4) is 0 Å². The van der Waals surface area contributed by atoms with E-state index in [9.17, 15) is 18.3 Å². The Labute approximate surface area is 167 Å². The highest BCUT2D eigenvalue weighted by Crippen LogP contribution is 2.33. The molecule has 0 unspecified atom stereocenters.